The molecule has 6 heteroatoms. The molecule has 0 aromatic rings. The van der Waals surface area contributed by atoms with Crippen molar-refractivity contribution in [1.29, 1.82) is 0 Å². The van der Waals surface area contributed by atoms with Crippen LogP contribution >= 0.6 is 17.0 Å². The van der Waals surface area contributed by atoms with E-state index in [-0.39, 0.29) is 17.0 Å². The highest BCUT2D eigenvalue weighted by Gasteiger charge is 2.38. The van der Waals surface area contributed by atoms with E-state index >= 15 is 0 Å². The van der Waals surface area contributed by atoms with Crippen LogP contribution in [-0.2, 0) is 9.59 Å². The van der Waals surface area contributed by atoms with Gasteiger partial charge in [0.05, 0.1) is 0 Å². The Hall–Kier alpha value is -0.460. The highest BCUT2D eigenvalue weighted by atomic mass is 79.9. The lowest BCUT2D eigenvalue weighted by molar-refractivity contribution is -0.129. The number of nitrogens with one attached hydrogen (secondary N) is 1. The maximum absolute atomic E-state index is 10.3. The van der Waals surface area contributed by atoms with Crippen LogP contribution in [0, 0.1) is 0 Å². The minimum Gasteiger partial charge on any atom is -0.380 e. The molecule has 58 valence electrons. The van der Waals surface area contributed by atoms with E-state index in [1.165, 1.54) is 0 Å². The molecule has 1 aliphatic rings. The molecule has 5 nitrogen and oxygen atoms in total. The monoisotopic (exact) mass is 211 g/mol. The van der Waals surface area contributed by atoms with E-state index in [4.69, 9.17) is 10.2 Å². The number of rotatable bonds is 0. The van der Waals surface area contributed by atoms with Crippen LogP contribution in [0.2, 0.25) is 0 Å². The molecule has 0 aromatic carbocycles. The molecule has 2 atom stereocenters. The van der Waals surface area contributed by atoms with Gasteiger partial charge < -0.3 is 10.2 Å². The average Bonchev–Trinajstić information content (AvgIpc) is 1.98. The maximum Gasteiger partial charge on any atom is 0.258 e. The molecule has 3 N–H and O–H groups in total. The smallest absolute Gasteiger partial charge is 0.258 e. The van der Waals surface area contributed by atoms with Crippen LogP contribution in [0.15, 0.2) is 0 Å². The van der Waals surface area contributed by atoms with Gasteiger partial charge in [-0.2, -0.15) is 0 Å². The van der Waals surface area contributed by atoms with Crippen molar-refractivity contribution in [2.45, 2.75) is 12.2 Å². The standard InChI is InChI=1S/C4H5NO4.BrH/c6-1-2(7)4(9)5-3(1)8;/h1-2,6-7H,(H,5,8,9);1H. The molecular weight excluding hydrogens is 206 g/mol. The molecule has 2 amide bonds. The first-order valence-electron chi connectivity index (χ1n) is 2.34. The Labute approximate surface area is 66.8 Å². The molecule has 0 spiro atoms. The number of amides is 2. The second kappa shape index (κ2) is 3.09. The zero-order valence-electron chi connectivity index (χ0n) is 4.77. The number of hydrogen-bond donors (Lipinski definition) is 3. The van der Waals surface area contributed by atoms with Crippen molar-refractivity contribution < 1.29 is 19.8 Å². The average molecular weight is 212 g/mol. The number of imide groups is 1. The van der Waals surface area contributed by atoms with Gasteiger partial charge in [0, 0.05) is 0 Å². The van der Waals surface area contributed by atoms with E-state index in [0.29, 0.717) is 0 Å². The first kappa shape index (κ1) is 9.54. The Balaban J connectivity index is 0.000000810. The van der Waals surface area contributed by atoms with Gasteiger partial charge in [0.25, 0.3) is 11.8 Å². The third kappa shape index (κ3) is 1.34. The van der Waals surface area contributed by atoms with E-state index in [9.17, 15) is 9.59 Å². The topological polar surface area (TPSA) is 86.6 Å². The summed E-state index contributed by atoms with van der Waals surface area (Å²) in [5.74, 6) is -1.68. The summed E-state index contributed by atoms with van der Waals surface area (Å²) in [5, 5.41) is 18.8. The third-order valence-electron chi connectivity index (χ3n) is 1.08. The van der Waals surface area contributed by atoms with Gasteiger partial charge in [-0.15, -0.1) is 17.0 Å². The molecule has 1 heterocycles. The predicted molar refractivity (Wildman–Crippen MR) is 35.5 cm³/mol. The van der Waals surface area contributed by atoms with Gasteiger partial charge in [-0.25, -0.2) is 0 Å². The molecule has 0 aromatic heterocycles. The number of aliphatic hydroxyl groups excluding tert-OH is 2. The van der Waals surface area contributed by atoms with Crippen molar-refractivity contribution >= 4 is 28.8 Å². The zero-order valence-corrected chi connectivity index (χ0v) is 6.49. The summed E-state index contributed by atoms with van der Waals surface area (Å²) < 4.78 is 0. The fourth-order valence-corrected chi connectivity index (χ4v) is 0.556. The quantitative estimate of drug-likeness (QED) is 0.403. The van der Waals surface area contributed by atoms with Gasteiger partial charge >= 0.3 is 0 Å². The van der Waals surface area contributed by atoms with Crippen molar-refractivity contribution in [2.24, 2.45) is 0 Å². The van der Waals surface area contributed by atoms with Gasteiger partial charge in [0.1, 0.15) is 0 Å². The summed E-state index contributed by atoms with van der Waals surface area (Å²) in [4.78, 5) is 20.5. The van der Waals surface area contributed by atoms with E-state index < -0.39 is 24.0 Å². The highest BCUT2D eigenvalue weighted by molar-refractivity contribution is 8.93. The molecule has 2 unspecified atom stereocenters. The SMILES string of the molecule is Br.O=C1NC(=O)C(O)C1O. The Bertz CT molecular complexity index is 153. The molecule has 10 heavy (non-hydrogen) atoms. The van der Waals surface area contributed by atoms with Crippen molar-refractivity contribution in [1.82, 2.24) is 5.32 Å². The molecule has 1 rings (SSSR count). The first-order valence-corrected chi connectivity index (χ1v) is 2.34. The van der Waals surface area contributed by atoms with Gasteiger partial charge in [-0.1, -0.05) is 0 Å². The lowest BCUT2D eigenvalue weighted by Crippen LogP contribution is -2.27. The Kier molecular flexibility index (Phi) is 2.95. The minimum atomic E-state index is -1.59. The Morgan fingerprint density at radius 2 is 1.40 bits per heavy atom. The molecule has 1 fully saturated rings. The van der Waals surface area contributed by atoms with E-state index in [2.05, 4.69) is 0 Å². The van der Waals surface area contributed by atoms with Crippen molar-refractivity contribution in [3.63, 3.8) is 0 Å². The first-order chi connectivity index (χ1) is 4.13. The second-order valence-corrected chi connectivity index (χ2v) is 1.74. The fourth-order valence-electron chi connectivity index (χ4n) is 0.556. The van der Waals surface area contributed by atoms with Crippen molar-refractivity contribution in [3.8, 4) is 0 Å². The van der Waals surface area contributed by atoms with Crippen LogP contribution < -0.4 is 5.32 Å². The summed E-state index contributed by atoms with van der Waals surface area (Å²) in [6, 6.07) is 0. The van der Waals surface area contributed by atoms with Crippen molar-refractivity contribution in [3.05, 3.63) is 0 Å². The third-order valence-corrected chi connectivity index (χ3v) is 1.08. The molecular formula is C4H6BrNO4. The maximum atomic E-state index is 10.3. The Morgan fingerprint density at radius 3 is 1.50 bits per heavy atom. The molecule has 1 aliphatic heterocycles. The van der Waals surface area contributed by atoms with E-state index in [1.807, 2.05) is 0 Å². The number of carbonyl (C=O) groups is 2. The zero-order chi connectivity index (χ0) is 7.02. The summed E-state index contributed by atoms with van der Waals surface area (Å²) >= 11 is 0. The lowest BCUT2D eigenvalue weighted by atomic mass is 10.2. The van der Waals surface area contributed by atoms with Gasteiger partial charge in [0.2, 0.25) is 0 Å². The van der Waals surface area contributed by atoms with Crippen LogP contribution in [0.3, 0.4) is 0 Å². The largest absolute Gasteiger partial charge is 0.380 e. The van der Waals surface area contributed by atoms with Gasteiger partial charge in [0.15, 0.2) is 12.2 Å². The number of aliphatic hydroxyl groups is 2. The summed E-state index contributed by atoms with van der Waals surface area (Å²) in [5.41, 5.74) is 0. The molecule has 0 saturated carbocycles. The van der Waals surface area contributed by atoms with Crippen LogP contribution in [0.1, 0.15) is 0 Å². The van der Waals surface area contributed by atoms with E-state index in [0.717, 1.165) is 0 Å². The molecule has 0 radical (unpaired) electrons. The predicted octanol–water partition coefficient (Wildman–Crippen LogP) is -2.06. The summed E-state index contributed by atoms with van der Waals surface area (Å²) in [7, 11) is 0. The summed E-state index contributed by atoms with van der Waals surface area (Å²) in [6.07, 6.45) is -3.17. The minimum absolute atomic E-state index is 0. The number of carbonyl (C=O) groups excluding carboxylic acids is 2. The number of halogens is 1. The van der Waals surface area contributed by atoms with E-state index in [1.54, 1.807) is 5.32 Å². The normalized spacial score (nSPS) is 31.4. The van der Waals surface area contributed by atoms with Crippen LogP contribution in [-0.4, -0.2) is 34.2 Å². The van der Waals surface area contributed by atoms with Crippen molar-refractivity contribution in [2.75, 3.05) is 0 Å². The van der Waals surface area contributed by atoms with Crippen LogP contribution in [0.5, 0.6) is 0 Å². The Morgan fingerprint density at radius 1 is 1.10 bits per heavy atom. The highest BCUT2D eigenvalue weighted by Crippen LogP contribution is 2.00. The van der Waals surface area contributed by atoms with Crippen LogP contribution in [0.25, 0.3) is 0 Å². The van der Waals surface area contributed by atoms with Gasteiger partial charge in [-0.3, -0.25) is 14.9 Å². The van der Waals surface area contributed by atoms with Crippen LogP contribution in [0.4, 0.5) is 0 Å². The molecule has 0 bridgehead atoms. The molecule has 1 saturated heterocycles. The van der Waals surface area contributed by atoms with Gasteiger partial charge in [-0.05, 0) is 0 Å². The number of hydrogen-bond acceptors (Lipinski definition) is 4. The second-order valence-electron chi connectivity index (χ2n) is 1.74. The lowest BCUT2D eigenvalue weighted by Gasteiger charge is -1.97. The fraction of sp³-hybridized carbons (Fsp3) is 0.500. The summed E-state index contributed by atoms with van der Waals surface area (Å²) in [6.45, 7) is 0. The molecule has 0 aliphatic carbocycles.